The van der Waals surface area contributed by atoms with Crippen LogP contribution in [0, 0.1) is 0 Å². The van der Waals surface area contributed by atoms with Crippen LogP contribution in [-0.4, -0.2) is 17.2 Å². The minimum absolute atomic E-state index is 0.161. The normalized spacial score (nSPS) is 11.0. The predicted molar refractivity (Wildman–Crippen MR) is 122 cm³/mol. The van der Waals surface area contributed by atoms with Crippen LogP contribution >= 0.6 is 0 Å². The van der Waals surface area contributed by atoms with Crippen LogP contribution in [0.5, 0.6) is 0 Å². The maximum Gasteiger partial charge on any atom is 0.213 e. The van der Waals surface area contributed by atoms with Gasteiger partial charge in [0.1, 0.15) is 11.4 Å². The molecule has 0 aliphatic rings. The van der Waals surface area contributed by atoms with Crippen LogP contribution in [0.1, 0.15) is 27.0 Å². The van der Waals surface area contributed by atoms with Crippen molar-refractivity contribution in [1.82, 2.24) is 0 Å². The molecular formula is C27H20N2O. The number of rotatable bonds is 6. The van der Waals surface area contributed by atoms with Gasteiger partial charge >= 0.3 is 0 Å². The Balaban J connectivity index is 1.85. The first-order chi connectivity index (χ1) is 14.8. The summed E-state index contributed by atoms with van der Waals surface area (Å²) < 4.78 is 0. The van der Waals surface area contributed by atoms with Crippen molar-refractivity contribution in [2.24, 2.45) is 10.2 Å². The second-order valence-corrected chi connectivity index (χ2v) is 6.69. The molecule has 4 aromatic rings. The van der Waals surface area contributed by atoms with Gasteiger partial charge in [-0.3, -0.25) is 4.79 Å². The van der Waals surface area contributed by atoms with Gasteiger partial charge < -0.3 is 0 Å². The maximum atomic E-state index is 13.2. The molecular weight excluding hydrogens is 368 g/mol. The highest BCUT2D eigenvalue weighted by atomic mass is 16.1. The molecule has 0 amide bonds. The van der Waals surface area contributed by atoms with Gasteiger partial charge in [0, 0.05) is 22.3 Å². The SMILES string of the molecule is O=C(/C(=N/N=C(c1ccccc1)c1ccccc1)c1ccccc1)c1ccccc1. The van der Waals surface area contributed by atoms with Crippen molar-refractivity contribution in [3.05, 3.63) is 144 Å². The molecule has 0 N–H and O–H groups in total. The van der Waals surface area contributed by atoms with E-state index in [4.69, 9.17) is 0 Å². The summed E-state index contributed by atoms with van der Waals surface area (Å²) in [6.45, 7) is 0. The summed E-state index contributed by atoms with van der Waals surface area (Å²) in [6, 6.07) is 38.3. The smallest absolute Gasteiger partial charge is 0.213 e. The van der Waals surface area contributed by atoms with E-state index < -0.39 is 0 Å². The molecule has 0 bridgehead atoms. The van der Waals surface area contributed by atoms with E-state index in [0.717, 1.165) is 16.7 Å². The molecule has 4 aromatic carbocycles. The van der Waals surface area contributed by atoms with Gasteiger partial charge in [0.2, 0.25) is 5.78 Å². The van der Waals surface area contributed by atoms with E-state index in [2.05, 4.69) is 10.2 Å². The Bertz CT molecular complexity index is 1130. The molecule has 0 saturated heterocycles. The Kier molecular flexibility index (Phi) is 6.02. The van der Waals surface area contributed by atoms with E-state index in [1.807, 2.05) is 109 Å². The Labute approximate surface area is 176 Å². The first kappa shape index (κ1) is 19.2. The van der Waals surface area contributed by atoms with Crippen LogP contribution in [0.25, 0.3) is 0 Å². The molecule has 0 aromatic heterocycles. The topological polar surface area (TPSA) is 41.8 Å². The van der Waals surface area contributed by atoms with Crippen LogP contribution < -0.4 is 0 Å². The average molecular weight is 388 g/mol. The number of nitrogens with zero attached hydrogens (tertiary/aromatic N) is 2. The number of carbonyl (C=O) groups is 1. The molecule has 144 valence electrons. The van der Waals surface area contributed by atoms with Crippen molar-refractivity contribution in [1.29, 1.82) is 0 Å². The first-order valence-corrected chi connectivity index (χ1v) is 9.74. The predicted octanol–water partition coefficient (Wildman–Crippen LogP) is 5.81. The third-order valence-electron chi connectivity index (χ3n) is 4.64. The van der Waals surface area contributed by atoms with Gasteiger partial charge in [0.15, 0.2) is 0 Å². The van der Waals surface area contributed by atoms with Crippen molar-refractivity contribution in [2.75, 3.05) is 0 Å². The fourth-order valence-corrected chi connectivity index (χ4v) is 3.13. The summed E-state index contributed by atoms with van der Waals surface area (Å²) in [5, 5.41) is 9.05. The largest absolute Gasteiger partial charge is 0.287 e. The molecule has 0 aliphatic heterocycles. The van der Waals surface area contributed by atoms with E-state index in [0.29, 0.717) is 17.0 Å². The summed E-state index contributed by atoms with van der Waals surface area (Å²) in [5.41, 5.74) is 4.21. The van der Waals surface area contributed by atoms with Gasteiger partial charge in [-0.1, -0.05) is 121 Å². The molecule has 0 unspecified atom stereocenters. The Morgan fingerprint density at radius 2 is 0.800 bits per heavy atom. The van der Waals surface area contributed by atoms with E-state index >= 15 is 0 Å². The summed E-state index contributed by atoms with van der Waals surface area (Å²) in [5.74, 6) is -0.161. The molecule has 3 nitrogen and oxygen atoms in total. The summed E-state index contributed by atoms with van der Waals surface area (Å²) in [6.07, 6.45) is 0. The molecule has 0 radical (unpaired) electrons. The summed E-state index contributed by atoms with van der Waals surface area (Å²) in [7, 11) is 0. The van der Waals surface area contributed by atoms with Gasteiger partial charge in [-0.05, 0) is 0 Å². The highest BCUT2D eigenvalue weighted by Crippen LogP contribution is 2.14. The minimum atomic E-state index is -0.161. The second-order valence-electron chi connectivity index (χ2n) is 6.69. The van der Waals surface area contributed by atoms with Crippen LogP contribution in [0.15, 0.2) is 132 Å². The van der Waals surface area contributed by atoms with Gasteiger partial charge in [-0.25, -0.2) is 0 Å². The number of benzene rings is 4. The van der Waals surface area contributed by atoms with Crippen molar-refractivity contribution in [3.8, 4) is 0 Å². The van der Waals surface area contributed by atoms with Crippen LogP contribution in [0.2, 0.25) is 0 Å². The third kappa shape index (κ3) is 4.47. The van der Waals surface area contributed by atoms with E-state index in [-0.39, 0.29) is 5.78 Å². The van der Waals surface area contributed by atoms with Gasteiger partial charge in [0.25, 0.3) is 0 Å². The highest BCUT2D eigenvalue weighted by molar-refractivity contribution is 6.51. The molecule has 0 heterocycles. The number of hydrogen-bond acceptors (Lipinski definition) is 3. The number of Topliss-reactive ketones (excluding diaryl/α,β-unsaturated/α-hetero) is 1. The van der Waals surface area contributed by atoms with Gasteiger partial charge in [-0.2, -0.15) is 0 Å². The molecule has 0 spiro atoms. The van der Waals surface area contributed by atoms with Crippen LogP contribution in [0.3, 0.4) is 0 Å². The third-order valence-corrected chi connectivity index (χ3v) is 4.64. The lowest BCUT2D eigenvalue weighted by atomic mass is 10.0. The minimum Gasteiger partial charge on any atom is -0.287 e. The lowest BCUT2D eigenvalue weighted by molar-refractivity contribution is 0.106. The van der Waals surface area contributed by atoms with Gasteiger partial charge in [0.05, 0.1) is 0 Å². The maximum absolute atomic E-state index is 13.2. The Morgan fingerprint density at radius 3 is 1.23 bits per heavy atom. The van der Waals surface area contributed by atoms with Gasteiger partial charge in [-0.15, -0.1) is 10.2 Å². The second kappa shape index (κ2) is 9.39. The fourth-order valence-electron chi connectivity index (χ4n) is 3.13. The highest BCUT2D eigenvalue weighted by Gasteiger charge is 2.16. The molecule has 0 atom stereocenters. The van der Waals surface area contributed by atoms with Crippen LogP contribution in [-0.2, 0) is 0 Å². The number of ketones is 1. The molecule has 0 saturated carbocycles. The molecule has 4 rings (SSSR count). The molecule has 0 fully saturated rings. The molecule has 3 heteroatoms. The fraction of sp³-hybridized carbons (Fsp3) is 0. The van der Waals surface area contributed by atoms with E-state index in [9.17, 15) is 4.79 Å². The lowest BCUT2D eigenvalue weighted by Crippen LogP contribution is -2.16. The monoisotopic (exact) mass is 388 g/mol. The Morgan fingerprint density at radius 1 is 0.433 bits per heavy atom. The number of carbonyl (C=O) groups excluding carboxylic acids is 1. The summed E-state index contributed by atoms with van der Waals surface area (Å²) in [4.78, 5) is 13.2. The zero-order valence-electron chi connectivity index (χ0n) is 16.3. The van der Waals surface area contributed by atoms with Crippen molar-refractivity contribution in [3.63, 3.8) is 0 Å². The molecule has 30 heavy (non-hydrogen) atoms. The van der Waals surface area contributed by atoms with Crippen molar-refractivity contribution in [2.45, 2.75) is 0 Å². The summed E-state index contributed by atoms with van der Waals surface area (Å²) >= 11 is 0. The zero-order valence-corrected chi connectivity index (χ0v) is 16.3. The van der Waals surface area contributed by atoms with E-state index in [1.54, 1.807) is 12.1 Å². The van der Waals surface area contributed by atoms with Crippen molar-refractivity contribution >= 4 is 17.2 Å². The standard InChI is InChI=1S/C27H20N2O/c30-27(24-19-11-4-12-20-24)26(23-17-9-3-10-18-23)29-28-25(21-13-5-1-6-14-21)22-15-7-2-8-16-22/h1-20H/b29-26+. The molecule has 0 aliphatic carbocycles. The number of hydrogen-bond donors (Lipinski definition) is 0. The average Bonchev–Trinajstić information content (AvgIpc) is 2.84. The first-order valence-electron chi connectivity index (χ1n) is 9.74. The quantitative estimate of drug-likeness (QED) is 0.233. The Hall–Kier alpha value is -4.11. The van der Waals surface area contributed by atoms with Crippen molar-refractivity contribution < 1.29 is 4.79 Å². The van der Waals surface area contributed by atoms with E-state index in [1.165, 1.54) is 0 Å². The van der Waals surface area contributed by atoms with Crippen LogP contribution in [0.4, 0.5) is 0 Å². The zero-order chi connectivity index (χ0) is 20.6. The lowest BCUT2D eigenvalue weighted by Gasteiger charge is -2.08.